The summed E-state index contributed by atoms with van der Waals surface area (Å²) in [5, 5.41) is 24.8. The van der Waals surface area contributed by atoms with Gasteiger partial charge in [0.25, 0.3) is 0 Å². The van der Waals surface area contributed by atoms with Crippen LogP contribution in [0.25, 0.3) is 11.0 Å². The molecule has 6 rings (SSSR count). The molecule has 3 aliphatic rings. The van der Waals surface area contributed by atoms with Crippen LogP contribution < -0.4 is 15.4 Å². The van der Waals surface area contributed by atoms with E-state index < -0.39 is 33.4 Å². The molecule has 3 aliphatic heterocycles. The van der Waals surface area contributed by atoms with Crippen molar-refractivity contribution in [1.29, 1.82) is 0 Å². The van der Waals surface area contributed by atoms with Crippen molar-refractivity contribution in [3.8, 4) is 5.75 Å². The number of amides is 3. The molecule has 0 saturated carbocycles. The van der Waals surface area contributed by atoms with Crippen molar-refractivity contribution < 1.29 is 24.2 Å². The zero-order valence-corrected chi connectivity index (χ0v) is 25.6. The monoisotopic (exact) mass is 606 g/mol. The number of nitrogens with one attached hydrogen (secondary N) is 2. The summed E-state index contributed by atoms with van der Waals surface area (Å²) in [5.74, 6) is -1.54. The van der Waals surface area contributed by atoms with Crippen LogP contribution in [-0.4, -0.2) is 77.5 Å². The second-order valence-electron chi connectivity index (χ2n) is 12.2. The molecular weight excluding hydrogens is 568 g/mol. The molecule has 6 atom stereocenters. The second-order valence-corrected chi connectivity index (χ2v) is 14.1. The molecule has 2 bridgehead atoms. The summed E-state index contributed by atoms with van der Waals surface area (Å²) >= 11 is 1.60. The Hall–Kier alpha value is -3.64. The number of aliphatic hydroxyl groups is 1. The summed E-state index contributed by atoms with van der Waals surface area (Å²) in [4.78, 5) is 44.2. The molecule has 0 radical (unpaired) electrons. The average molecular weight is 607 g/mol. The van der Waals surface area contributed by atoms with Gasteiger partial charge in [-0.1, -0.05) is 31.2 Å². The summed E-state index contributed by atoms with van der Waals surface area (Å²) in [6.45, 7) is 8.14. The van der Waals surface area contributed by atoms with E-state index in [1.165, 1.54) is 0 Å². The molecule has 0 aliphatic carbocycles. The lowest BCUT2D eigenvalue weighted by atomic mass is 9.66. The fourth-order valence-electron chi connectivity index (χ4n) is 7.35. The number of thioether (sulfide) groups is 1. The standard InChI is InChI=1S/C31H38N6O5S/c1-5-42-20-12-10-19(11-13-20)33-27(39)24-25-29(41)37(23(16-38)18(2)3)26(31(25)15-14-30(24,4)43-31)28(40)32-17-36-22-9-7-6-8-21(22)34-35-36/h6-13,18,23-26,38H,5,14-17H2,1-4H3,(H,32,40)(H,33,39)/t23-,24-,25-,26?,30+,31?/m0/s1. The van der Waals surface area contributed by atoms with Crippen molar-refractivity contribution in [3.05, 3.63) is 48.5 Å². The number of hydrogen-bond acceptors (Lipinski definition) is 8. The fourth-order valence-corrected chi connectivity index (χ4v) is 9.69. The van der Waals surface area contributed by atoms with E-state index in [9.17, 15) is 19.5 Å². The SMILES string of the molecule is CCOc1ccc(NC(=O)[C@@H]2[C@H]3C(=O)N([C@@H](CO)C(C)C)C(C(=O)NCn4nnc5ccccc54)C34CC[C@@]2(C)S4)cc1. The molecule has 3 N–H and O–H groups in total. The van der Waals surface area contributed by atoms with Crippen molar-refractivity contribution >= 4 is 46.2 Å². The van der Waals surface area contributed by atoms with Gasteiger partial charge < -0.3 is 25.4 Å². The third-order valence-electron chi connectivity index (χ3n) is 9.32. The number of nitrogens with zero attached hydrogens (tertiary/aromatic N) is 4. The van der Waals surface area contributed by atoms with Gasteiger partial charge in [0.15, 0.2) is 0 Å². The van der Waals surface area contributed by atoms with Gasteiger partial charge in [-0.15, -0.1) is 16.9 Å². The van der Waals surface area contributed by atoms with Gasteiger partial charge in [-0.25, -0.2) is 4.68 Å². The number of hydrogen-bond donors (Lipinski definition) is 3. The van der Waals surface area contributed by atoms with Gasteiger partial charge in [-0.05, 0) is 69.0 Å². The van der Waals surface area contributed by atoms with Crippen molar-refractivity contribution in [2.24, 2.45) is 17.8 Å². The van der Waals surface area contributed by atoms with Crippen LogP contribution in [0, 0.1) is 17.8 Å². The number of benzene rings is 2. The Bertz CT molecular complexity index is 1540. The van der Waals surface area contributed by atoms with Gasteiger partial charge in [-0.2, -0.15) is 0 Å². The van der Waals surface area contributed by atoms with E-state index in [0.717, 1.165) is 5.52 Å². The number of aromatic nitrogens is 3. The molecule has 11 nitrogen and oxygen atoms in total. The van der Waals surface area contributed by atoms with Gasteiger partial charge in [0.05, 0.1) is 41.4 Å². The van der Waals surface area contributed by atoms with E-state index in [2.05, 4.69) is 20.9 Å². The minimum absolute atomic E-state index is 0.0771. The van der Waals surface area contributed by atoms with Crippen molar-refractivity contribution in [3.63, 3.8) is 0 Å². The molecule has 1 aromatic heterocycles. The van der Waals surface area contributed by atoms with E-state index in [-0.39, 0.29) is 36.9 Å². The predicted octanol–water partition coefficient (Wildman–Crippen LogP) is 3.04. The summed E-state index contributed by atoms with van der Waals surface area (Å²) in [7, 11) is 0. The summed E-state index contributed by atoms with van der Waals surface area (Å²) < 4.78 is 5.81. The zero-order valence-electron chi connectivity index (χ0n) is 24.8. The molecule has 2 aromatic carbocycles. The summed E-state index contributed by atoms with van der Waals surface area (Å²) in [6, 6.07) is 13.2. The number of ether oxygens (including phenoxy) is 1. The highest BCUT2D eigenvalue weighted by Crippen LogP contribution is 2.71. The van der Waals surface area contributed by atoms with Gasteiger partial charge >= 0.3 is 0 Å². The molecule has 12 heteroatoms. The van der Waals surface area contributed by atoms with E-state index in [1.807, 2.05) is 52.0 Å². The summed E-state index contributed by atoms with van der Waals surface area (Å²) in [5.41, 5.74) is 2.11. The van der Waals surface area contributed by atoms with E-state index >= 15 is 0 Å². The Morgan fingerprint density at radius 1 is 1.14 bits per heavy atom. The van der Waals surface area contributed by atoms with Gasteiger partial charge in [-0.3, -0.25) is 14.4 Å². The van der Waals surface area contributed by atoms with Crippen LogP contribution in [0.1, 0.15) is 40.5 Å². The topological polar surface area (TPSA) is 139 Å². The Morgan fingerprint density at radius 2 is 1.88 bits per heavy atom. The Balaban J connectivity index is 1.31. The smallest absolute Gasteiger partial charge is 0.245 e. The first-order valence-electron chi connectivity index (χ1n) is 14.9. The van der Waals surface area contributed by atoms with Gasteiger partial charge in [0.1, 0.15) is 24.0 Å². The van der Waals surface area contributed by atoms with Crippen LogP contribution in [0.2, 0.25) is 0 Å². The second kappa shape index (κ2) is 11.1. The molecule has 1 spiro atoms. The number of carbonyl (C=O) groups is 3. The number of para-hydroxylation sites is 1. The first kappa shape index (κ1) is 29.4. The molecule has 3 fully saturated rings. The lowest BCUT2D eigenvalue weighted by molar-refractivity contribution is -0.143. The lowest BCUT2D eigenvalue weighted by Crippen LogP contribution is -2.57. The molecule has 4 heterocycles. The van der Waals surface area contributed by atoms with Gasteiger partial charge in [0.2, 0.25) is 17.7 Å². The lowest BCUT2D eigenvalue weighted by Gasteiger charge is -2.38. The number of likely N-dealkylation sites (tertiary alicyclic amines) is 1. The molecule has 3 amide bonds. The van der Waals surface area contributed by atoms with Crippen molar-refractivity contribution in [1.82, 2.24) is 25.2 Å². The largest absolute Gasteiger partial charge is 0.494 e. The highest BCUT2D eigenvalue weighted by atomic mass is 32.2. The molecule has 43 heavy (non-hydrogen) atoms. The number of rotatable bonds is 10. The van der Waals surface area contributed by atoms with Crippen LogP contribution in [-0.2, 0) is 21.1 Å². The molecule has 3 aromatic rings. The van der Waals surface area contributed by atoms with Crippen molar-refractivity contribution in [2.75, 3.05) is 18.5 Å². The quantitative estimate of drug-likeness (QED) is 0.320. The van der Waals surface area contributed by atoms with Crippen LogP contribution in [0.4, 0.5) is 5.69 Å². The van der Waals surface area contributed by atoms with Crippen molar-refractivity contribution in [2.45, 2.75) is 68.8 Å². The fraction of sp³-hybridized carbons (Fsp3) is 0.516. The Morgan fingerprint density at radius 3 is 2.58 bits per heavy atom. The maximum Gasteiger partial charge on any atom is 0.245 e. The van der Waals surface area contributed by atoms with Crippen LogP contribution in [0.15, 0.2) is 48.5 Å². The maximum absolute atomic E-state index is 14.4. The van der Waals surface area contributed by atoms with Crippen LogP contribution in [0.5, 0.6) is 5.75 Å². The Kier molecular flexibility index (Phi) is 7.62. The summed E-state index contributed by atoms with van der Waals surface area (Å²) in [6.07, 6.45) is 1.31. The highest BCUT2D eigenvalue weighted by Gasteiger charge is 2.77. The third-order valence-corrected chi connectivity index (χ3v) is 11.3. The third kappa shape index (κ3) is 4.75. The molecule has 3 saturated heterocycles. The number of aliphatic hydroxyl groups excluding tert-OH is 1. The van der Waals surface area contributed by atoms with E-state index in [1.54, 1.807) is 45.6 Å². The average Bonchev–Trinajstić information content (AvgIpc) is 3.69. The van der Waals surface area contributed by atoms with Crippen LogP contribution >= 0.6 is 11.8 Å². The van der Waals surface area contributed by atoms with Gasteiger partial charge in [0, 0.05) is 10.4 Å². The number of carbonyl (C=O) groups excluding carboxylic acids is 3. The van der Waals surface area contributed by atoms with Crippen LogP contribution in [0.3, 0.4) is 0 Å². The highest BCUT2D eigenvalue weighted by molar-refractivity contribution is 8.02. The zero-order chi connectivity index (χ0) is 30.5. The molecule has 2 unspecified atom stereocenters. The number of anilines is 1. The minimum atomic E-state index is -0.852. The maximum atomic E-state index is 14.4. The Labute approximate surface area is 254 Å². The van der Waals surface area contributed by atoms with E-state index in [0.29, 0.717) is 36.4 Å². The normalized spacial score (nSPS) is 28.4. The number of fused-ring (bicyclic) bond motifs is 2. The predicted molar refractivity (Wildman–Crippen MR) is 163 cm³/mol. The molecule has 228 valence electrons. The minimum Gasteiger partial charge on any atom is -0.494 e. The molecular formula is C31H38N6O5S. The first-order valence-corrected chi connectivity index (χ1v) is 15.7. The first-order chi connectivity index (χ1) is 20.6. The van der Waals surface area contributed by atoms with E-state index in [4.69, 9.17) is 4.74 Å².